The predicted molar refractivity (Wildman–Crippen MR) is 84.8 cm³/mol. The van der Waals surface area contributed by atoms with Crippen LogP contribution < -0.4 is 4.90 Å². The Labute approximate surface area is 129 Å². The van der Waals surface area contributed by atoms with Crippen LogP contribution in [0.25, 0.3) is 11.0 Å². The summed E-state index contributed by atoms with van der Waals surface area (Å²) in [7, 11) is 0. The lowest BCUT2D eigenvalue weighted by Gasteiger charge is -2.23. The van der Waals surface area contributed by atoms with Gasteiger partial charge in [0.25, 0.3) is 0 Å². The second-order valence-electron chi connectivity index (χ2n) is 6.04. The zero-order chi connectivity index (χ0) is 15.7. The van der Waals surface area contributed by atoms with Crippen molar-refractivity contribution in [1.29, 1.82) is 0 Å². The summed E-state index contributed by atoms with van der Waals surface area (Å²) >= 11 is 0. The second-order valence-corrected chi connectivity index (χ2v) is 6.04. The SMILES string of the molecule is CCOC(=O)C1(C)CCN(c2ncnc3[nH]cc(CC)c23)C1. The van der Waals surface area contributed by atoms with Crippen molar-refractivity contribution in [3.05, 3.63) is 18.1 Å². The van der Waals surface area contributed by atoms with Crippen molar-refractivity contribution in [1.82, 2.24) is 15.0 Å². The predicted octanol–water partition coefficient (Wildman–Crippen LogP) is 2.30. The molecule has 2 aromatic heterocycles. The van der Waals surface area contributed by atoms with E-state index in [2.05, 4.69) is 26.8 Å². The maximum absolute atomic E-state index is 12.2. The number of aromatic nitrogens is 3. The summed E-state index contributed by atoms with van der Waals surface area (Å²) in [6, 6.07) is 0. The summed E-state index contributed by atoms with van der Waals surface area (Å²) in [6.07, 6.45) is 5.27. The van der Waals surface area contributed by atoms with Crippen LogP contribution in [0.2, 0.25) is 0 Å². The van der Waals surface area contributed by atoms with Gasteiger partial charge in [-0.25, -0.2) is 9.97 Å². The first-order valence-corrected chi connectivity index (χ1v) is 7.82. The van der Waals surface area contributed by atoms with Crippen molar-refractivity contribution in [2.45, 2.75) is 33.6 Å². The van der Waals surface area contributed by atoms with Gasteiger partial charge in [0.15, 0.2) is 0 Å². The maximum atomic E-state index is 12.2. The number of nitrogens with zero attached hydrogens (tertiary/aromatic N) is 3. The number of esters is 1. The van der Waals surface area contributed by atoms with Crippen LogP contribution in [0, 0.1) is 5.41 Å². The van der Waals surface area contributed by atoms with Crippen molar-refractivity contribution in [3.8, 4) is 0 Å². The molecule has 0 spiro atoms. The van der Waals surface area contributed by atoms with Crippen LogP contribution in [0.5, 0.6) is 0 Å². The van der Waals surface area contributed by atoms with Gasteiger partial charge in [0.2, 0.25) is 0 Å². The summed E-state index contributed by atoms with van der Waals surface area (Å²) in [5.41, 5.74) is 1.60. The number of fused-ring (bicyclic) bond motifs is 1. The number of anilines is 1. The van der Waals surface area contributed by atoms with Crippen LogP contribution in [0.1, 0.15) is 32.8 Å². The summed E-state index contributed by atoms with van der Waals surface area (Å²) in [4.78, 5) is 26.3. The fourth-order valence-corrected chi connectivity index (χ4v) is 3.14. The van der Waals surface area contributed by atoms with Crippen molar-refractivity contribution in [2.75, 3.05) is 24.6 Å². The number of aryl methyl sites for hydroxylation is 1. The number of H-pyrrole nitrogens is 1. The first-order chi connectivity index (χ1) is 10.6. The average Bonchev–Trinajstić information content (AvgIpc) is 3.11. The minimum absolute atomic E-state index is 0.118. The summed E-state index contributed by atoms with van der Waals surface area (Å²) in [6.45, 7) is 7.79. The van der Waals surface area contributed by atoms with E-state index < -0.39 is 5.41 Å². The number of aromatic amines is 1. The van der Waals surface area contributed by atoms with Gasteiger partial charge >= 0.3 is 5.97 Å². The monoisotopic (exact) mass is 302 g/mol. The van der Waals surface area contributed by atoms with Crippen LogP contribution in [-0.2, 0) is 16.0 Å². The molecule has 0 bridgehead atoms. The lowest BCUT2D eigenvalue weighted by atomic mass is 9.90. The van der Waals surface area contributed by atoms with Gasteiger partial charge in [0, 0.05) is 19.3 Å². The van der Waals surface area contributed by atoms with Crippen molar-refractivity contribution < 1.29 is 9.53 Å². The van der Waals surface area contributed by atoms with Gasteiger partial charge in [0.05, 0.1) is 17.4 Å². The van der Waals surface area contributed by atoms with E-state index >= 15 is 0 Å². The zero-order valence-corrected chi connectivity index (χ0v) is 13.3. The Bertz CT molecular complexity index is 697. The van der Waals surface area contributed by atoms with E-state index in [0.29, 0.717) is 13.2 Å². The Morgan fingerprint density at radius 3 is 3.00 bits per heavy atom. The minimum atomic E-state index is -0.462. The molecule has 0 radical (unpaired) electrons. The molecule has 1 N–H and O–H groups in total. The number of nitrogens with one attached hydrogen (secondary N) is 1. The molecule has 0 aromatic carbocycles. The Kier molecular flexibility index (Phi) is 3.76. The van der Waals surface area contributed by atoms with Crippen molar-refractivity contribution in [3.63, 3.8) is 0 Å². The fraction of sp³-hybridized carbons (Fsp3) is 0.562. The Hall–Kier alpha value is -2.11. The molecule has 0 saturated carbocycles. The average molecular weight is 302 g/mol. The van der Waals surface area contributed by atoms with Gasteiger partial charge in [-0.1, -0.05) is 6.92 Å². The molecule has 0 amide bonds. The standard InChI is InChI=1S/C16H22N4O2/c1-4-11-8-17-13-12(11)14(19-10-18-13)20-7-6-16(3,9-20)15(21)22-5-2/h8,10H,4-7,9H2,1-3H3,(H,17,18,19). The molecule has 6 nitrogen and oxygen atoms in total. The molecule has 1 aliphatic heterocycles. The van der Waals surface area contributed by atoms with E-state index in [9.17, 15) is 4.79 Å². The molecule has 3 rings (SSSR count). The highest BCUT2D eigenvalue weighted by molar-refractivity contribution is 5.91. The molecule has 1 saturated heterocycles. The van der Waals surface area contributed by atoms with E-state index in [1.54, 1.807) is 6.33 Å². The molecule has 118 valence electrons. The fourth-order valence-electron chi connectivity index (χ4n) is 3.14. The Balaban J connectivity index is 1.93. The smallest absolute Gasteiger partial charge is 0.313 e. The Morgan fingerprint density at radius 1 is 1.45 bits per heavy atom. The topological polar surface area (TPSA) is 71.1 Å². The number of rotatable bonds is 4. The molecule has 1 aliphatic rings. The summed E-state index contributed by atoms with van der Waals surface area (Å²) in [5.74, 6) is 0.795. The highest BCUT2D eigenvalue weighted by Crippen LogP contribution is 2.36. The lowest BCUT2D eigenvalue weighted by Crippen LogP contribution is -2.33. The van der Waals surface area contributed by atoms with Gasteiger partial charge in [-0.15, -0.1) is 0 Å². The van der Waals surface area contributed by atoms with Gasteiger partial charge in [-0.3, -0.25) is 4.79 Å². The number of carbonyl (C=O) groups is 1. The summed E-state index contributed by atoms with van der Waals surface area (Å²) in [5, 5.41) is 1.07. The van der Waals surface area contributed by atoms with Crippen molar-refractivity contribution in [2.24, 2.45) is 5.41 Å². The molecule has 6 heteroatoms. The van der Waals surface area contributed by atoms with Crippen LogP contribution >= 0.6 is 0 Å². The van der Waals surface area contributed by atoms with E-state index in [1.807, 2.05) is 20.0 Å². The first kappa shape index (κ1) is 14.8. The minimum Gasteiger partial charge on any atom is -0.466 e. The number of ether oxygens (including phenoxy) is 1. The van der Waals surface area contributed by atoms with Crippen LogP contribution in [0.4, 0.5) is 5.82 Å². The van der Waals surface area contributed by atoms with Gasteiger partial charge in [-0.2, -0.15) is 0 Å². The van der Waals surface area contributed by atoms with Gasteiger partial charge in [-0.05, 0) is 32.3 Å². The van der Waals surface area contributed by atoms with Gasteiger partial charge < -0.3 is 14.6 Å². The second kappa shape index (κ2) is 5.59. The third-order valence-corrected chi connectivity index (χ3v) is 4.45. The lowest BCUT2D eigenvalue weighted by molar-refractivity contribution is -0.153. The zero-order valence-electron chi connectivity index (χ0n) is 13.3. The molecular weight excluding hydrogens is 280 g/mol. The highest BCUT2D eigenvalue weighted by atomic mass is 16.5. The molecule has 3 heterocycles. The largest absolute Gasteiger partial charge is 0.466 e. The third-order valence-electron chi connectivity index (χ3n) is 4.45. The van der Waals surface area contributed by atoms with Crippen LogP contribution in [-0.4, -0.2) is 40.6 Å². The van der Waals surface area contributed by atoms with Crippen molar-refractivity contribution >= 4 is 22.8 Å². The highest BCUT2D eigenvalue weighted by Gasteiger charge is 2.42. The third kappa shape index (κ3) is 2.32. The molecule has 2 aromatic rings. The number of carbonyl (C=O) groups excluding carboxylic acids is 1. The van der Waals surface area contributed by atoms with E-state index in [-0.39, 0.29) is 5.97 Å². The molecule has 1 fully saturated rings. The molecule has 1 unspecified atom stereocenters. The molecular formula is C16H22N4O2. The Morgan fingerprint density at radius 2 is 2.27 bits per heavy atom. The number of hydrogen-bond acceptors (Lipinski definition) is 5. The molecule has 1 atom stereocenters. The summed E-state index contributed by atoms with van der Waals surface area (Å²) < 4.78 is 5.23. The van der Waals surface area contributed by atoms with E-state index in [1.165, 1.54) is 5.56 Å². The van der Waals surface area contributed by atoms with Crippen LogP contribution in [0.15, 0.2) is 12.5 Å². The molecule has 0 aliphatic carbocycles. The van der Waals surface area contributed by atoms with E-state index in [4.69, 9.17) is 4.74 Å². The van der Waals surface area contributed by atoms with E-state index in [0.717, 1.165) is 36.2 Å². The normalized spacial score (nSPS) is 21.5. The van der Waals surface area contributed by atoms with Crippen LogP contribution in [0.3, 0.4) is 0 Å². The molecule has 22 heavy (non-hydrogen) atoms. The maximum Gasteiger partial charge on any atom is 0.313 e. The first-order valence-electron chi connectivity index (χ1n) is 7.82. The quantitative estimate of drug-likeness (QED) is 0.877. The van der Waals surface area contributed by atoms with Gasteiger partial charge in [0.1, 0.15) is 17.8 Å². The number of hydrogen-bond donors (Lipinski definition) is 1.